The number of esters is 1. The maximum Gasteiger partial charge on any atom is 0.357 e. The molecule has 1 rings (SSSR count). The average Bonchev–Trinajstić information content (AvgIpc) is 2.77. The van der Waals surface area contributed by atoms with Crippen LogP contribution >= 0.6 is 11.3 Å². The van der Waals surface area contributed by atoms with Gasteiger partial charge in [0.1, 0.15) is 0 Å². The summed E-state index contributed by atoms with van der Waals surface area (Å²) in [6.45, 7) is 6.34. The molecule has 0 radical (unpaired) electrons. The van der Waals surface area contributed by atoms with Crippen molar-refractivity contribution in [3.05, 3.63) is 11.1 Å². The van der Waals surface area contributed by atoms with Crippen LogP contribution in [0.3, 0.4) is 0 Å². The predicted octanol–water partition coefficient (Wildman–Crippen LogP) is 1.60. The van der Waals surface area contributed by atoms with Crippen LogP contribution in [-0.2, 0) is 9.53 Å². The zero-order chi connectivity index (χ0) is 14.4. The van der Waals surface area contributed by atoms with Crippen LogP contribution in [0.15, 0.2) is 5.38 Å². The molecule has 1 amide bonds. The van der Waals surface area contributed by atoms with Crippen molar-refractivity contribution in [1.29, 1.82) is 0 Å². The molecule has 1 aromatic heterocycles. The zero-order valence-corrected chi connectivity index (χ0v) is 12.4. The van der Waals surface area contributed by atoms with E-state index in [1.807, 2.05) is 25.8 Å². The van der Waals surface area contributed by atoms with Crippen LogP contribution in [0, 0.1) is 0 Å². The second-order valence-corrected chi connectivity index (χ2v) is 5.17. The molecule has 1 N–H and O–H groups in total. The summed E-state index contributed by atoms with van der Waals surface area (Å²) in [5.41, 5.74) is 0.222. The molecule has 1 heterocycles. The van der Waals surface area contributed by atoms with E-state index in [-0.39, 0.29) is 24.2 Å². The third kappa shape index (κ3) is 4.96. The van der Waals surface area contributed by atoms with E-state index < -0.39 is 5.97 Å². The molecule has 0 bridgehead atoms. The van der Waals surface area contributed by atoms with Gasteiger partial charge in [0.2, 0.25) is 5.91 Å². The Labute approximate surface area is 116 Å². The summed E-state index contributed by atoms with van der Waals surface area (Å²) >= 11 is 1.21. The molecule has 0 spiro atoms. The van der Waals surface area contributed by atoms with E-state index in [0.717, 1.165) is 0 Å². The normalized spacial score (nSPS) is 10.8. The molecule has 0 aliphatic carbocycles. The fourth-order valence-corrected chi connectivity index (χ4v) is 1.89. The first-order chi connectivity index (χ1) is 8.93. The first kappa shape index (κ1) is 15.6. The molecule has 0 unspecified atom stereocenters. The highest BCUT2D eigenvalue weighted by molar-refractivity contribution is 7.14. The van der Waals surface area contributed by atoms with Crippen molar-refractivity contribution in [1.82, 2.24) is 9.88 Å². The fourth-order valence-electron chi connectivity index (χ4n) is 1.20. The summed E-state index contributed by atoms with van der Waals surface area (Å²) < 4.78 is 4.83. The van der Waals surface area contributed by atoms with Crippen LogP contribution in [0.1, 0.15) is 31.3 Å². The van der Waals surface area contributed by atoms with Crippen LogP contribution in [0.4, 0.5) is 5.13 Å². The minimum Gasteiger partial charge on any atom is -0.461 e. The van der Waals surface area contributed by atoms with Gasteiger partial charge in [-0.15, -0.1) is 11.3 Å². The van der Waals surface area contributed by atoms with Gasteiger partial charge in [0.05, 0.1) is 13.2 Å². The Kier molecular flexibility index (Phi) is 5.91. The highest BCUT2D eigenvalue weighted by Gasteiger charge is 2.14. The molecule has 0 aromatic carbocycles. The first-order valence-corrected chi connectivity index (χ1v) is 6.94. The molecule has 0 saturated heterocycles. The second kappa shape index (κ2) is 7.20. The Morgan fingerprint density at radius 1 is 1.53 bits per heavy atom. The lowest BCUT2D eigenvalue weighted by Gasteiger charge is -2.19. The van der Waals surface area contributed by atoms with Crippen molar-refractivity contribution >= 4 is 28.3 Å². The van der Waals surface area contributed by atoms with Gasteiger partial charge in [-0.3, -0.25) is 9.69 Å². The lowest BCUT2D eigenvalue weighted by molar-refractivity contribution is -0.117. The summed E-state index contributed by atoms with van der Waals surface area (Å²) in [7, 11) is 1.87. The van der Waals surface area contributed by atoms with Gasteiger partial charge in [0, 0.05) is 11.4 Å². The molecule has 0 fully saturated rings. The number of hydrogen-bond acceptors (Lipinski definition) is 6. The van der Waals surface area contributed by atoms with E-state index in [1.165, 1.54) is 11.3 Å². The van der Waals surface area contributed by atoms with Crippen LogP contribution < -0.4 is 5.32 Å². The number of likely N-dealkylation sites (N-methyl/N-ethyl adjacent to an activating group) is 1. The molecule has 0 aliphatic heterocycles. The van der Waals surface area contributed by atoms with Crippen LogP contribution in [0.25, 0.3) is 0 Å². The molecular formula is C12H19N3O3S. The van der Waals surface area contributed by atoms with Gasteiger partial charge in [0.15, 0.2) is 10.8 Å². The van der Waals surface area contributed by atoms with Gasteiger partial charge >= 0.3 is 5.97 Å². The molecule has 0 saturated carbocycles. The van der Waals surface area contributed by atoms with Crippen molar-refractivity contribution in [2.45, 2.75) is 26.8 Å². The number of anilines is 1. The number of thiazole rings is 1. The number of rotatable bonds is 6. The SMILES string of the molecule is CCOC(=O)c1csc(NC(=O)CN(C)C(C)C)n1. The van der Waals surface area contributed by atoms with Crippen molar-refractivity contribution in [3.8, 4) is 0 Å². The van der Waals surface area contributed by atoms with E-state index in [9.17, 15) is 9.59 Å². The fraction of sp³-hybridized carbons (Fsp3) is 0.583. The summed E-state index contributed by atoms with van der Waals surface area (Å²) in [6, 6.07) is 0.289. The van der Waals surface area contributed by atoms with Crippen LogP contribution in [0.5, 0.6) is 0 Å². The van der Waals surface area contributed by atoms with Crippen LogP contribution in [-0.4, -0.2) is 48.0 Å². The molecule has 19 heavy (non-hydrogen) atoms. The van der Waals surface area contributed by atoms with E-state index in [2.05, 4.69) is 10.3 Å². The van der Waals surface area contributed by atoms with Gasteiger partial charge in [0.25, 0.3) is 0 Å². The quantitative estimate of drug-likeness (QED) is 0.804. The maximum absolute atomic E-state index is 11.7. The third-order valence-corrected chi connectivity index (χ3v) is 3.27. The van der Waals surface area contributed by atoms with Gasteiger partial charge < -0.3 is 10.1 Å². The molecule has 1 aromatic rings. The van der Waals surface area contributed by atoms with Gasteiger partial charge in [-0.05, 0) is 27.8 Å². The molecule has 0 atom stereocenters. The summed E-state index contributed by atoms with van der Waals surface area (Å²) in [6.07, 6.45) is 0. The summed E-state index contributed by atoms with van der Waals surface area (Å²) in [4.78, 5) is 29.1. The van der Waals surface area contributed by atoms with Crippen molar-refractivity contribution in [2.75, 3.05) is 25.5 Å². The molecule has 0 aliphatic rings. The van der Waals surface area contributed by atoms with Gasteiger partial charge in [-0.2, -0.15) is 0 Å². The van der Waals surface area contributed by atoms with E-state index in [0.29, 0.717) is 11.7 Å². The van der Waals surface area contributed by atoms with Crippen LogP contribution in [0.2, 0.25) is 0 Å². The number of nitrogens with zero attached hydrogens (tertiary/aromatic N) is 2. The minimum atomic E-state index is -0.474. The van der Waals surface area contributed by atoms with Crippen molar-refractivity contribution in [2.24, 2.45) is 0 Å². The number of nitrogens with one attached hydrogen (secondary N) is 1. The second-order valence-electron chi connectivity index (χ2n) is 4.32. The Hall–Kier alpha value is -1.47. The highest BCUT2D eigenvalue weighted by Crippen LogP contribution is 2.16. The topological polar surface area (TPSA) is 71.5 Å². The standard InChI is InChI=1S/C12H19N3O3S/c1-5-18-11(17)9-7-19-12(13-9)14-10(16)6-15(4)8(2)3/h7-8H,5-6H2,1-4H3,(H,13,14,16). The lowest BCUT2D eigenvalue weighted by Crippen LogP contribution is -2.34. The van der Waals surface area contributed by atoms with Gasteiger partial charge in [-0.1, -0.05) is 0 Å². The first-order valence-electron chi connectivity index (χ1n) is 6.06. The highest BCUT2D eigenvalue weighted by atomic mass is 32.1. The number of carbonyl (C=O) groups is 2. The monoisotopic (exact) mass is 285 g/mol. The molecule has 106 valence electrons. The Morgan fingerprint density at radius 3 is 2.79 bits per heavy atom. The van der Waals surface area contributed by atoms with E-state index >= 15 is 0 Å². The van der Waals surface area contributed by atoms with Gasteiger partial charge in [-0.25, -0.2) is 9.78 Å². The molecule has 7 heteroatoms. The minimum absolute atomic E-state index is 0.152. The Morgan fingerprint density at radius 2 is 2.21 bits per heavy atom. The average molecular weight is 285 g/mol. The molecular weight excluding hydrogens is 266 g/mol. The summed E-state index contributed by atoms with van der Waals surface area (Å²) in [5, 5.41) is 4.64. The molecule has 6 nitrogen and oxygen atoms in total. The number of ether oxygens (including phenoxy) is 1. The van der Waals surface area contributed by atoms with E-state index in [4.69, 9.17) is 4.74 Å². The smallest absolute Gasteiger partial charge is 0.357 e. The number of aromatic nitrogens is 1. The van der Waals surface area contributed by atoms with Crippen molar-refractivity contribution in [3.63, 3.8) is 0 Å². The maximum atomic E-state index is 11.7. The van der Waals surface area contributed by atoms with E-state index in [1.54, 1.807) is 12.3 Å². The third-order valence-electron chi connectivity index (χ3n) is 2.51. The largest absolute Gasteiger partial charge is 0.461 e. The number of carbonyl (C=O) groups excluding carboxylic acids is 2. The lowest BCUT2D eigenvalue weighted by atomic mass is 10.3. The zero-order valence-electron chi connectivity index (χ0n) is 11.6. The van der Waals surface area contributed by atoms with Crippen molar-refractivity contribution < 1.29 is 14.3 Å². The number of amides is 1. The number of hydrogen-bond donors (Lipinski definition) is 1. The predicted molar refractivity (Wildman–Crippen MR) is 74.5 cm³/mol. The summed E-state index contributed by atoms with van der Waals surface area (Å²) in [5.74, 6) is -0.625. The Balaban J connectivity index is 2.54. The Bertz CT molecular complexity index is 445.